The molecule has 1 aromatic rings. The van der Waals surface area contributed by atoms with Gasteiger partial charge in [-0.15, -0.1) is 0 Å². The number of benzene rings is 1. The van der Waals surface area contributed by atoms with E-state index in [2.05, 4.69) is 17.8 Å². The van der Waals surface area contributed by atoms with Crippen LogP contribution < -0.4 is 10.9 Å². The molecule has 3 unspecified atom stereocenters. The third-order valence-electron chi connectivity index (χ3n) is 4.79. The first-order chi connectivity index (χ1) is 11.0. The Balaban J connectivity index is 1.69. The molecular weight excluding hydrogens is 294 g/mol. The van der Waals surface area contributed by atoms with Crippen molar-refractivity contribution in [3.63, 3.8) is 0 Å². The summed E-state index contributed by atoms with van der Waals surface area (Å²) < 4.78 is 0. The van der Waals surface area contributed by atoms with Crippen LogP contribution >= 0.6 is 0 Å². The van der Waals surface area contributed by atoms with E-state index in [1.807, 2.05) is 4.90 Å². The van der Waals surface area contributed by atoms with E-state index < -0.39 is 5.97 Å². The number of carboxylic acid groups (broad SMARTS) is 1. The van der Waals surface area contributed by atoms with Crippen LogP contribution in [-0.4, -0.2) is 47.1 Å². The Labute approximate surface area is 135 Å². The highest BCUT2D eigenvalue weighted by Crippen LogP contribution is 2.25. The van der Waals surface area contributed by atoms with E-state index in [1.54, 1.807) is 12.1 Å². The number of nitrogens with one attached hydrogen (secondary N) is 2. The van der Waals surface area contributed by atoms with Crippen molar-refractivity contribution in [2.24, 2.45) is 5.92 Å². The standard InChI is InChI=1S/C17H23N3O3/c1-11-8-15(19-18-11)14-6-3-7-20(10-14)16(21)12-4-2-5-13(9-12)17(22)23/h2,4-5,9,11,14-15,18-19H,3,6-8,10H2,1H3,(H,22,23). The van der Waals surface area contributed by atoms with E-state index in [9.17, 15) is 9.59 Å². The number of hydrogen-bond acceptors (Lipinski definition) is 4. The van der Waals surface area contributed by atoms with Crippen LogP contribution in [0.5, 0.6) is 0 Å². The fourth-order valence-electron chi connectivity index (χ4n) is 3.55. The van der Waals surface area contributed by atoms with Gasteiger partial charge in [-0.25, -0.2) is 4.79 Å². The first kappa shape index (κ1) is 16.0. The molecule has 2 heterocycles. The molecule has 0 radical (unpaired) electrons. The average molecular weight is 317 g/mol. The SMILES string of the molecule is CC1CC(C2CCCN(C(=O)c3cccc(C(=O)O)c3)C2)NN1. The van der Waals surface area contributed by atoms with Crippen molar-refractivity contribution in [2.75, 3.05) is 13.1 Å². The van der Waals surface area contributed by atoms with Gasteiger partial charge in [-0.3, -0.25) is 15.6 Å². The van der Waals surface area contributed by atoms with Crippen LogP contribution in [0.4, 0.5) is 0 Å². The second kappa shape index (κ2) is 6.68. The predicted molar refractivity (Wildman–Crippen MR) is 86.2 cm³/mol. The minimum atomic E-state index is -1.01. The normalized spacial score (nSPS) is 27.9. The molecule has 6 heteroatoms. The van der Waals surface area contributed by atoms with Crippen molar-refractivity contribution in [1.82, 2.24) is 15.8 Å². The van der Waals surface area contributed by atoms with Gasteiger partial charge in [-0.2, -0.15) is 0 Å². The minimum Gasteiger partial charge on any atom is -0.478 e. The maximum Gasteiger partial charge on any atom is 0.335 e. The third-order valence-corrected chi connectivity index (χ3v) is 4.79. The number of nitrogens with zero attached hydrogens (tertiary/aromatic N) is 1. The zero-order valence-electron chi connectivity index (χ0n) is 13.3. The van der Waals surface area contributed by atoms with Gasteiger partial charge >= 0.3 is 5.97 Å². The summed E-state index contributed by atoms with van der Waals surface area (Å²) in [6, 6.07) is 7.14. The van der Waals surface area contributed by atoms with Gasteiger partial charge in [0.1, 0.15) is 0 Å². The zero-order chi connectivity index (χ0) is 16.4. The molecule has 1 aromatic carbocycles. The Morgan fingerprint density at radius 1 is 1.26 bits per heavy atom. The van der Waals surface area contributed by atoms with Gasteiger partial charge in [0.25, 0.3) is 5.91 Å². The average Bonchev–Trinajstić information content (AvgIpc) is 3.01. The molecule has 0 aromatic heterocycles. The Morgan fingerprint density at radius 3 is 2.74 bits per heavy atom. The molecule has 0 aliphatic carbocycles. The number of aromatic carboxylic acids is 1. The zero-order valence-corrected chi connectivity index (χ0v) is 13.3. The molecule has 3 atom stereocenters. The van der Waals surface area contributed by atoms with Gasteiger partial charge in [0.2, 0.25) is 0 Å². The number of carbonyl (C=O) groups excluding carboxylic acids is 1. The number of piperidine rings is 1. The Morgan fingerprint density at radius 2 is 2.04 bits per heavy atom. The van der Waals surface area contributed by atoms with Crippen molar-refractivity contribution in [3.8, 4) is 0 Å². The summed E-state index contributed by atoms with van der Waals surface area (Å²) >= 11 is 0. The molecular formula is C17H23N3O3. The van der Waals surface area contributed by atoms with Gasteiger partial charge in [0.15, 0.2) is 0 Å². The van der Waals surface area contributed by atoms with Gasteiger partial charge in [-0.05, 0) is 50.3 Å². The summed E-state index contributed by atoms with van der Waals surface area (Å²) in [5.74, 6) is -0.643. The summed E-state index contributed by atoms with van der Waals surface area (Å²) in [6.45, 7) is 3.61. The van der Waals surface area contributed by atoms with E-state index in [1.165, 1.54) is 12.1 Å². The molecule has 2 aliphatic heterocycles. The lowest BCUT2D eigenvalue weighted by atomic mass is 9.88. The fraction of sp³-hybridized carbons (Fsp3) is 0.529. The Hall–Kier alpha value is -1.92. The number of hydrogen-bond donors (Lipinski definition) is 3. The fourth-order valence-corrected chi connectivity index (χ4v) is 3.55. The number of carbonyl (C=O) groups is 2. The van der Waals surface area contributed by atoms with Crippen molar-refractivity contribution >= 4 is 11.9 Å². The molecule has 3 N–H and O–H groups in total. The largest absolute Gasteiger partial charge is 0.478 e. The lowest BCUT2D eigenvalue weighted by Crippen LogP contribution is -2.47. The van der Waals surface area contributed by atoms with E-state index in [-0.39, 0.29) is 11.5 Å². The molecule has 0 spiro atoms. The quantitative estimate of drug-likeness (QED) is 0.787. The maximum atomic E-state index is 12.7. The summed E-state index contributed by atoms with van der Waals surface area (Å²) in [5, 5.41) is 9.07. The monoisotopic (exact) mass is 317 g/mol. The summed E-state index contributed by atoms with van der Waals surface area (Å²) in [7, 11) is 0. The molecule has 2 saturated heterocycles. The van der Waals surface area contributed by atoms with E-state index in [0.29, 0.717) is 23.6 Å². The number of rotatable bonds is 3. The number of likely N-dealkylation sites (tertiary alicyclic amines) is 1. The van der Waals surface area contributed by atoms with Crippen molar-refractivity contribution < 1.29 is 14.7 Å². The molecule has 124 valence electrons. The second-order valence-electron chi connectivity index (χ2n) is 6.57. The molecule has 6 nitrogen and oxygen atoms in total. The second-order valence-corrected chi connectivity index (χ2v) is 6.57. The third kappa shape index (κ3) is 3.54. The van der Waals surface area contributed by atoms with E-state index >= 15 is 0 Å². The molecule has 23 heavy (non-hydrogen) atoms. The molecule has 2 fully saturated rings. The van der Waals surface area contributed by atoms with E-state index in [4.69, 9.17) is 5.11 Å². The molecule has 1 amide bonds. The van der Waals surface area contributed by atoms with Crippen molar-refractivity contribution in [1.29, 1.82) is 0 Å². The predicted octanol–water partition coefficient (Wildman–Crippen LogP) is 1.49. The highest BCUT2D eigenvalue weighted by atomic mass is 16.4. The topological polar surface area (TPSA) is 81.7 Å². The summed E-state index contributed by atoms with van der Waals surface area (Å²) in [6.07, 6.45) is 3.17. The molecule has 0 saturated carbocycles. The summed E-state index contributed by atoms with van der Waals surface area (Å²) in [4.78, 5) is 25.6. The maximum absolute atomic E-state index is 12.7. The molecule has 0 bridgehead atoms. The van der Waals surface area contributed by atoms with Crippen LogP contribution in [0.15, 0.2) is 24.3 Å². The van der Waals surface area contributed by atoms with Crippen LogP contribution in [0, 0.1) is 5.92 Å². The van der Waals surface area contributed by atoms with Gasteiger partial charge in [0.05, 0.1) is 5.56 Å². The van der Waals surface area contributed by atoms with E-state index in [0.717, 1.165) is 32.4 Å². The molecule has 2 aliphatic rings. The van der Waals surface area contributed by atoms with Crippen LogP contribution in [0.2, 0.25) is 0 Å². The Kier molecular flexibility index (Phi) is 4.63. The lowest BCUT2D eigenvalue weighted by molar-refractivity contribution is 0.0649. The first-order valence-electron chi connectivity index (χ1n) is 8.18. The number of carboxylic acids is 1. The minimum absolute atomic E-state index is 0.0724. The van der Waals surface area contributed by atoms with Crippen molar-refractivity contribution in [2.45, 2.75) is 38.3 Å². The van der Waals surface area contributed by atoms with Gasteiger partial charge in [0, 0.05) is 30.7 Å². The van der Waals surface area contributed by atoms with Crippen molar-refractivity contribution in [3.05, 3.63) is 35.4 Å². The van der Waals surface area contributed by atoms with Gasteiger partial charge in [-0.1, -0.05) is 6.07 Å². The Bertz CT molecular complexity index is 605. The summed E-state index contributed by atoms with van der Waals surface area (Å²) in [5.41, 5.74) is 7.19. The first-order valence-corrected chi connectivity index (χ1v) is 8.18. The number of amides is 1. The van der Waals surface area contributed by atoms with Crippen LogP contribution in [-0.2, 0) is 0 Å². The van der Waals surface area contributed by atoms with Crippen LogP contribution in [0.3, 0.4) is 0 Å². The van der Waals surface area contributed by atoms with Crippen LogP contribution in [0.25, 0.3) is 0 Å². The number of hydrazine groups is 1. The van der Waals surface area contributed by atoms with Gasteiger partial charge < -0.3 is 10.0 Å². The highest BCUT2D eigenvalue weighted by molar-refractivity contribution is 5.97. The molecule has 3 rings (SSSR count). The lowest BCUT2D eigenvalue weighted by Gasteiger charge is -2.35. The van der Waals surface area contributed by atoms with Crippen LogP contribution in [0.1, 0.15) is 46.9 Å². The smallest absolute Gasteiger partial charge is 0.335 e. The highest BCUT2D eigenvalue weighted by Gasteiger charge is 2.33.